The molecule has 0 saturated carbocycles. The second kappa shape index (κ2) is 14.0. The van der Waals surface area contributed by atoms with Crippen molar-refractivity contribution >= 4 is 6.41 Å². The molecule has 0 bridgehead atoms. The highest BCUT2D eigenvalue weighted by Gasteiger charge is 2.00. The number of unbranched alkanes of at least 4 members (excludes halogenated alkanes) is 2. The Bertz CT molecular complexity index is 88.9. The maximum Gasteiger partial charge on any atom is 0.204 e. The van der Waals surface area contributed by atoms with E-state index < -0.39 is 0 Å². The summed E-state index contributed by atoms with van der Waals surface area (Å²) in [5.41, 5.74) is 4.17. The summed E-state index contributed by atoms with van der Waals surface area (Å²) in [6.07, 6.45) is 6.95. The molecular weight excluding hydrogens is 166 g/mol. The summed E-state index contributed by atoms with van der Waals surface area (Å²) in [6, 6.07) is 0. The van der Waals surface area contributed by atoms with E-state index in [2.05, 4.69) is 19.6 Å². The molecule has 0 fully saturated rings. The van der Waals surface area contributed by atoms with Crippen LogP contribution in [0.1, 0.15) is 52.4 Å². The Morgan fingerprint density at radius 1 is 1.23 bits per heavy atom. The van der Waals surface area contributed by atoms with E-state index in [4.69, 9.17) is 4.79 Å². The number of hydrogen-bond donors (Lipinski definition) is 2. The first-order valence-electron chi connectivity index (χ1n) is 5.06. The zero-order valence-electron chi connectivity index (χ0n) is 8.83. The molecule has 0 atom stereocenters. The largest absolute Gasteiger partial charge is 0.393 e. The summed E-state index contributed by atoms with van der Waals surface area (Å²) in [5, 5.41) is 9.31. The number of hydrogen-bond acceptors (Lipinski definition) is 2. The van der Waals surface area contributed by atoms with Gasteiger partial charge in [-0.25, -0.2) is 0 Å². The molecule has 0 radical (unpaired) electrons. The molecule has 0 spiro atoms. The minimum absolute atomic E-state index is 0.0279. The minimum Gasteiger partial charge on any atom is -0.393 e. The Kier molecular flexibility index (Phi) is 16.1. The summed E-state index contributed by atoms with van der Waals surface area (Å²) in [6.45, 7) is 4.32. The lowest BCUT2D eigenvalue weighted by Crippen LogP contribution is -2.05. The van der Waals surface area contributed by atoms with Crippen molar-refractivity contribution in [3.05, 3.63) is 0 Å². The van der Waals surface area contributed by atoms with Gasteiger partial charge in [0.05, 0.1) is 6.10 Å². The van der Waals surface area contributed by atoms with Gasteiger partial charge in [0.2, 0.25) is 6.41 Å². The molecule has 0 aromatic rings. The Morgan fingerprint density at radius 3 is 1.77 bits per heavy atom. The van der Waals surface area contributed by atoms with Crippen LogP contribution in [0.25, 0.3) is 0 Å². The number of carbonyl (C=O) groups is 1. The van der Waals surface area contributed by atoms with Crippen LogP contribution in [0.2, 0.25) is 0 Å². The molecule has 0 aliphatic rings. The number of rotatable bonds is 6. The lowest BCUT2D eigenvalue weighted by atomic mass is 10.1. The first-order valence-corrected chi connectivity index (χ1v) is 5.06. The third-order valence-corrected chi connectivity index (χ3v) is 1.78. The fourth-order valence-corrected chi connectivity index (χ4v) is 1.02. The van der Waals surface area contributed by atoms with Gasteiger partial charge in [-0.1, -0.05) is 39.5 Å². The van der Waals surface area contributed by atoms with E-state index in [0.717, 1.165) is 12.8 Å². The predicted molar refractivity (Wildman–Crippen MR) is 55.3 cm³/mol. The van der Waals surface area contributed by atoms with Crippen molar-refractivity contribution in [2.45, 2.75) is 58.5 Å². The van der Waals surface area contributed by atoms with Crippen molar-refractivity contribution in [1.29, 1.82) is 0 Å². The maximum absolute atomic E-state index is 9.31. The Labute approximate surface area is 81.3 Å². The molecule has 0 saturated heterocycles. The molecular formula is C10H23NO2. The zero-order valence-corrected chi connectivity index (χ0v) is 8.83. The summed E-state index contributed by atoms with van der Waals surface area (Å²) in [7, 11) is 0. The minimum atomic E-state index is -0.0279. The number of primary amides is 1. The smallest absolute Gasteiger partial charge is 0.204 e. The average molecular weight is 189 g/mol. The van der Waals surface area contributed by atoms with Crippen molar-refractivity contribution in [2.75, 3.05) is 0 Å². The number of aliphatic hydroxyl groups excluding tert-OH is 1. The van der Waals surface area contributed by atoms with Crippen molar-refractivity contribution in [3.8, 4) is 0 Å². The topological polar surface area (TPSA) is 63.3 Å². The number of nitrogens with two attached hydrogens (primary N) is 1. The van der Waals surface area contributed by atoms with Gasteiger partial charge >= 0.3 is 0 Å². The molecule has 1 amide bonds. The van der Waals surface area contributed by atoms with E-state index >= 15 is 0 Å². The molecule has 3 N–H and O–H groups in total. The maximum atomic E-state index is 9.31. The molecule has 0 aliphatic carbocycles. The Hall–Kier alpha value is -0.570. The first-order chi connectivity index (χ1) is 6.22. The lowest BCUT2D eigenvalue weighted by Gasteiger charge is -2.07. The standard InChI is InChI=1S/C9H20O.CH3NO/c1-3-5-7-9(10)8-6-4-2;2-1-3/h9-10H,3-8H2,1-2H3;1H,(H2,2,3). The predicted octanol–water partition coefficient (Wildman–Crippen LogP) is 1.83. The first kappa shape index (κ1) is 14.9. The van der Waals surface area contributed by atoms with Crippen molar-refractivity contribution in [1.82, 2.24) is 0 Å². The van der Waals surface area contributed by atoms with E-state index in [1.807, 2.05) is 0 Å². The van der Waals surface area contributed by atoms with Gasteiger partial charge in [-0.05, 0) is 12.8 Å². The van der Waals surface area contributed by atoms with Crippen molar-refractivity contribution in [2.24, 2.45) is 5.73 Å². The van der Waals surface area contributed by atoms with Gasteiger partial charge in [-0.2, -0.15) is 0 Å². The van der Waals surface area contributed by atoms with Crippen LogP contribution in [0, 0.1) is 0 Å². The van der Waals surface area contributed by atoms with Gasteiger partial charge < -0.3 is 10.8 Å². The fraction of sp³-hybridized carbons (Fsp3) is 0.900. The zero-order chi connectivity index (χ0) is 10.5. The van der Waals surface area contributed by atoms with Crippen molar-refractivity contribution in [3.63, 3.8) is 0 Å². The van der Waals surface area contributed by atoms with Crippen LogP contribution in [-0.2, 0) is 4.79 Å². The third kappa shape index (κ3) is 18.4. The lowest BCUT2D eigenvalue weighted by molar-refractivity contribution is -0.106. The SMILES string of the molecule is CCCCC(O)CCCC.NC=O. The molecule has 3 heteroatoms. The molecule has 80 valence electrons. The molecule has 0 rings (SSSR count). The summed E-state index contributed by atoms with van der Waals surface area (Å²) >= 11 is 0. The summed E-state index contributed by atoms with van der Waals surface area (Å²) in [4.78, 5) is 8.58. The van der Waals surface area contributed by atoms with Gasteiger partial charge in [0.1, 0.15) is 0 Å². The Morgan fingerprint density at radius 2 is 1.54 bits per heavy atom. The normalized spacial score (nSPS) is 9.23. The van der Waals surface area contributed by atoms with Crippen molar-refractivity contribution < 1.29 is 9.90 Å². The summed E-state index contributed by atoms with van der Waals surface area (Å²) < 4.78 is 0. The number of aliphatic hydroxyl groups is 1. The molecule has 0 unspecified atom stereocenters. The van der Waals surface area contributed by atoms with Crippen LogP contribution in [0.4, 0.5) is 0 Å². The number of carbonyl (C=O) groups excluding carboxylic acids is 1. The van der Waals surface area contributed by atoms with Crippen LogP contribution in [0.3, 0.4) is 0 Å². The molecule has 13 heavy (non-hydrogen) atoms. The van der Waals surface area contributed by atoms with Crippen LogP contribution >= 0.6 is 0 Å². The quantitative estimate of drug-likeness (QED) is 0.626. The highest BCUT2D eigenvalue weighted by Crippen LogP contribution is 2.07. The second-order valence-electron chi connectivity index (χ2n) is 3.07. The van der Waals surface area contributed by atoms with E-state index in [-0.39, 0.29) is 12.5 Å². The molecule has 0 aromatic carbocycles. The highest BCUT2D eigenvalue weighted by atomic mass is 16.3. The monoisotopic (exact) mass is 189 g/mol. The van der Waals surface area contributed by atoms with E-state index in [0.29, 0.717) is 0 Å². The molecule has 0 aromatic heterocycles. The van der Waals surface area contributed by atoms with Gasteiger partial charge in [0.25, 0.3) is 0 Å². The van der Waals surface area contributed by atoms with Crippen LogP contribution in [0.15, 0.2) is 0 Å². The van der Waals surface area contributed by atoms with Crippen LogP contribution in [-0.4, -0.2) is 17.6 Å². The fourth-order valence-electron chi connectivity index (χ4n) is 1.02. The van der Waals surface area contributed by atoms with E-state index in [1.165, 1.54) is 25.7 Å². The summed E-state index contributed by atoms with van der Waals surface area (Å²) in [5.74, 6) is 0. The van der Waals surface area contributed by atoms with Gasteiger partial charge in [0.15, 0.2) is 0 Å². The Balaban J connectivity index is 0. The van der Waals surface area contributed by atoms with Gasteiger partial charge in [0, 0.05) is 0 Å². The second-order valence-corrected chi connectivity index (χ2v) is 3.07. The van der Waals surface area contributed by atoms with E-state index in [9.17, 15) is 5.11 Å². The van der Waals surface area contributed by atoms with Crippen LogP contribution in [0.5, 0.6) is 0 Å². The third-order valence-electron chi connectivity index (χ3n) is 1.78. The average Bonchev–Trinajstić information content (AvgIpc) is 2.12. The van der Waals surface area contributed by atoms with Crippen LogP contribution < -0.4 is 5.73 Å². The highest BCUT2D eigenvalue weighted by molar-refractivity contribution is 5.42. The number of amides is 1. The van der Waals surface area contributed by atoms with Gasteiger partial charge in [-0.3, -0.25) is 4.79 Å². The molecule has 3 nitrogen and oxygen atoms in total. The van der Waals surface area contributed by atoms with E-state index in [1.54, 1.807) is 0 Å². The molecule has 0 aliphatic heterocycles. The molecule has 0 heterocycles. The van der Waals surface area contributed by atoms with Gasteiger partial charge in [-0.15, -0.1) is 0 Å².